The van der Waals surface area contributed by atoms with Crippen LogP contribution < -0.4 is 5.32 Å². The third kappa shape index (κ3) is 3.57. The normalized spacial score (nSPS) is 25.3. The van der Waals surface area contributed by atoms with Crippen molar-refractivity contribution in [2.45, 2.75) is 45.1 Å². The number of hydrogen-bond donors (Lipinski definition) is 1. The van der Waals surface area contributed by atoms with E-state index in [1.54, 1.807) is 6.07 Å². The van der Waals surface area contributed by atoms with E-state index in [0.717, 1.165) is 11.5 Å². The fourth-order valence-corrected chi connectivity index (χ4v) is 3.63. The molecule has 3 unspecified atom stereocenters. The molecule has 106 valence electrons. The molecule has 0 radical (unpaired) electrons. The van der Waals surface area contributed by atoms with Crippen LogP contribution in [0.1, 0.15) is 50.6 Å². The molecule has 3 atom stereocenters. The quantitative estimate of drug-likeness (QED) is 0.814. The Bertz CT molecular complexity index is 421. The van der Waals surface area contributed by atoms with Crippen LogP contribution in [0.4, 0.5) is 4.39 Å². The summed E-state index contributed by atoms with van der Waals surface area (Å²) in [5, 5.41) is 3.40. The Morgan fingerprint density at radius 1 is 1.42 bits per heavy atom. The van der Waals surface area contributed by atoms with E-state index >= 15 is 0 Å². The third-order valence-electron chi connectivity index (χ3n) is 4.49. The van der Waals surface area contributed by atoms with Crippen LogP contribution in [0.15, 0.2) is 22.7 Å². The second-order valence-corrected chi connectivity index (χ2v) is 6.50. The first-order valence-corrected chi connectivity index (χ1v) is 8.07. The summed E-state index contributed by atoms with van der Waals surface area (Å²) in [6.45, 7) is 2.28. The number of rotatable bonds is 4. The van der Waals surface area contributed by atoms with E-state index in [2.05, 4.69) is 28.2 Å². The lowest BCUT2D eigenvalue weighted by molar-refractivity contribution is 0.214. The monoisotopic (exact) mass is 327 g/mol. The fourth-order valence-electron chi connectivity index (χ4n) is 3.39. The topological polar surface area (TPSA) is 12.0 Å². The Kier molecular flexibility index (Phi) is 5.40. The maximum Gasteiger partial charge on any atom is 0.137 e. The van der Waals surface area contributed by atoms with Crippen molar-refractivity contribution < 1.29 is 4.39 Å². The van der Waals surface area contributed by atoms with Crippen molar-refractivity contribution in [2.75, 3.05) is 7.05 Å². The van der Waals surface area contributed by atoms with E-state index in [4.69, 9.17) is 0 Å². The van der Waals surface area contributed by atoms with Gasteiger partial charge < -0.3 is 5.32 Å². The van der Waals surface area contributed by atoms with Crippen LogP contribution in [-0.2, 0) is 0 Å². The zero-order chi connectivity index (χ0) is 13.8. The molecular weight excluding hydrogens is 305 g/mol. The molecule has 0 spiro atoms. The molecule has 0 heterocycles. The van der Waals surface area contributed by atoms with Gasteiger partial charge in [0.1, 0.15) is 5.82 Å². The standard InChI is InChI=1S/C16H23BrFN/c1-3-11-5-4-6-12(9-11)16(19-2)13-7-8-14(17)15(18)10-13/h7-8,10-12,16,19H,3-6,9H2,1-2H3. The number of nitrogens with one attached hydrogen (secondary N) is 1. The van der Waals surface area contributed by atoms with Gasteiger partial charge in [0.15, 0.2) is 0 Å². The minimum atomic E-state index is -0.166. The van der Waals surface area contributed by atoms with Crippen molar-refractivity contribution in [3.8, 4) is 0 Å². The zero-order valence-electron chi connectivity index (χ0n) is 11.8. The molecule has 1 aliphatic rings. The molecule has 0 aliphatic heterocycles. The van der Waals surface area contributed by atoms with E-state index in [1.165, 1.54) is 32.1 Å². The molecule has 2 rings (SSSR count). The summed E-state index contributed by atoms with van der Waals surface area (Å²) < 4.78 is 14.3. The molecule has 19 heavy (non-hydrogen) atoms. The Hall–Kier alpha value is -0.410. The van der Waals surface area contributed by atoms with Crippen molar-refractivity contribution >= 4 is 15.9 Å². The summed E-state index contributed by atoms with van der Waals surface area (Å²) in [6, 6.07) is 5.79. The lowest BCUT2D eigenvalue weighted by Gasteiger charge is -2.34. The third-order valence-corrected chi connectivity index (χ3v) is 5.13. The van der Waals surface area contributed by atoms with Crippen LogP contribution in [0.5, 0.6) is 0 Å². The summed E-state index contributed by atoms with van der Waals surface area (Å²) in [6.07, 6.45) is 6.44. The maximum absolute atomic E-state index is 13.7. The average Bonchev–Trinajstić information content (AvgIpc) is 2.44. The summed E-state index contributed by atoms with van der Waals surface area (Å²) >= 11 is 3.22. The number of benzene rings is 1. The van der Waals surface area contributed by atoms with Gasteiger partial charge in [0.25, 0.3) is 0 Å². The second kappa shape index (κ2) is 6.85. The van der Waals surface area contributed by atoms with Gasteiger partial charge in [-0.25, -0.2) is 4.39 Å². The number of halogens is 2. The van der Waals surface area contributed by atoms with Crippen molar-refractivity contribution in [3.05, 3.63) is 34.1 Å². The molecule has 1 N–H and O–H groups in total. The first-order chi connectivity index (χ1) is 9.15. The average molecular weight is 328 g/mol. The Morgan fingerprint density at radius 3 is 2.84 bits per heavy atom. The van der Waals surface area contributed by atoms with Gasteiger partial charge in [-0.2, -0.15) is 0 Å². The minimum Gasteiger partial charge on any atom is -0.313 e. The highest BCUT2D eigenvalue weighted by Gasteiger charge is 2.28. The van der Waals surface area contributed by atoms with Gasteiger partial charge in [-0.15, -0.1) is 0 Å². The molecule has 1 aromatic rings. The molecule has 0 aromatic heterocycles. The van der Waals surface area contributed by atoms with Gasteiger partial charge in [-0.1, -0.05) is 32.3 Å². The first-order valence-electron chi connectivity index (χ1n) is 7.28. The van der Waals surface area contributed by atoms with E-state index < -0.39 is 0 Å². The summed E-state index contributed by atoms with van der Waals surface area (Å²) in [5.74, 6) is 1.31. The van der Waals surface area contributed by atoms with Crippen LogP contribution >= 0.6 is 15.9 Å². The highest BCUT2D eigenvalue weighted by atomic mass is 79.9. The molecule has 1 aliphatic carbocycles. The van der Waals surface area contributed by atoms with Crippen LogP contribution in [0, 0.1) is 17.7 Å². The van der Waals surface area contributed by atoms with E-state index in [0.29, 0.717) is 10.4 Å². The summed E-state index contributed by atoms with van der Waals surface area (Å²) in [7, 11) is 1.99. The zero-order valence-corrected chi connectivity index (χ0v) is 13.3. The van der Waals surface area contributed by atoms with Crippen LogP contribution in [0.25, 0.3) is 0 Å². The minimum absolute atomic E-state index is 0.166. The molecule has 3 heteroatoms. The molecule has 0 bridgehead atoms. The molecule has 1 fully saturated rings. The van der Waals surface area contributed by atoms with Crippen LogP contribution in [0.2, 0.25) is 0 Å². The van der Waals surface area contributed by atoms with Crippen molar-refractivity contribution in [1.29, 1.82) is 0 Å². The van der Waals surface area contributed by atoms with Crippen molar-refractivity contribution in [2.24, 2.45) is 11.8 Å². The summed E-state index contributed by atoms with van der Waals surface area (Å²) in [5.41, 5.74) is 1.07. The molecule has 0 saturated heterocycles. The molecule has 0 amide bonds. The largest absolute Gasteiger partial charge is 0.313 e. The number of hydrogen-bond acceptors (Lipinski definition) is 1. The highest BCUT2D eigenvalue weighted by molar-refractivity contribution is 9.10. The van der Waals surface area contributed by atoms with Crippen molar-refractivity contribution in [3.63, 3.8) is 0 Å². The SMILES string of the molecule is CCC1CCCC(C(NC)c2ccc(Br)c(F)c2)C1. The molecule has 1 saturated carbocycles. The van der Waals surface area contributed by atoms with Gasteiger partial charge in [-0.05, 0) is 65.4 Å². The van der Waals surface area contributed by atoms with Crippen LogP contribution in [0.3, 0.4) is 0 Å². The van der Waals surface area contributed by atoms with Crippen LogP contribution in [-0.4, -0.2) is 7.05 Å². The molecular formula is C16H23BrFN. The Morgan fingerprint density at radius 2 is 2.21 bits per heavy atom. The summed E-state index contributed by atoms with van der Waals surface area (Å²) in [4.78, 5) is 0. The van der Waals surface area contributed by atoms with Gasteiger partial charge in [0.2, 0.25) is 0 Å². The Balaban J connectivity index is 2.16. The van der Waals surface area contributed by atoms with Crippen molar-refractivity contribution in [1.82, 2.24) is 5.32 Å². The van der Waals surface area contributed by atoms with Gasteiger partial charge >= 0.3 is 0 Å². The highest BCUT2D eigenvalue weighted by Crippen LogP contribution is 2.38. The van der Waals surface area contributed by atoms with Gasteiger partial charge in [0.05, 0.1) is 4.47 Å². The molecule has 1 nitrogen and oxygen atoms in total. The van der Waals surface area contributed by atoms with E-state index in [1.807, 2.05) is 19.2 Å². The first kappa shape index (κ1) is 15.0. The lowest BCUT2D eigenvalue weighted by Crippen LogP contribution is -2.29. The van der Waals surface area contributed by atoms with E-state index in [9.17, 15) is 4.39 Å². The lowest BCUT2D eigenvalue weighted by atomic mass is 9.75. The maximum atomic E-state index is 13.7. The predicted molar refractivity (Wildman–Crippen MR) is 81.6 cm³/mol. The fraction of sp³-hybridized carbons (Fsp3) is 0.625. The second-order valence-electron chi connectivity index (χ2n) is 5.64. The van der Waals surface area contributed by atoms with E-state index in [-0.39, 0.29) is 11.9 Å². The predicted octanol–water partition coefficient (Wildman–Crippen LogP) is 5.07. The van der Waals surface area contributed by atoms with Gasteiger partial charge in [-0.3, -0.25) is 0 Å². The molecule has 1 aromatic carbocycles. The smallest absolute Gasteiger partial charge is 0.137 e. The Labute approximate surface area is 124 Å². The van der Waals surface area contributed by atoms with Gasteiger partial charge in [0, 0.05) is 6.04 Å².